The van der Waals surface area contributed by atoms with Gasteiger partial charge < -0.3 is 4.90 Å². The molecule has 0 radical (unpaired) electrons. The number of aryl methyl sites for hydroxylation is 1. The minimum Gasteiger partial charge on any atom is -0.308 e. The van der Waals surface area contributed by atoms with Crippen LogP contribution in [0.25, 0.3) is 0 Å². The maximum absolute atomic E-state index is 13.1. The van der Waals surface area contributed by atoms with Crippen LogP contribution in [-0.4, -0.2) is 18.2 Å². The van der Waals surface area contributed by atoms with Gasteiger partial charge in [0.1, 0.15) is 0 Å². The van der Waals surface area contributed by atoms with Gasteiger partial charge in [-0.3, -0.25) is 4.79 Å². The minimum atomic E-state index is 0.0870. The molecule has 116 valence electrons. The first-order chi connectivity index (χ1) is 10.7. The van der Waals surface area contributed by atoms with Gasteiger partial charge in [-0.25, -0.2) is 0 Å². The Kier molecular flexibility index (Phi) is 6.08. The van der Waals surface area contributed by atoms with Gasteiger partial charge >= 0.3 is 0 Å². The summed E-state index contributed by atoms with van der Waals surface area (Å²) in [6, 6.07) is 16.0. The Bertz CT molecular complexity index is 639. The zero-order valence-electron chi connectivity index (χ0n) is 13.5. The van der Waals surface area contributed by atoms with Crippen molar-refractivity contribution in [2.24, 2.45) is 0 Å². The van der Waals surface area contributed by atoms with Crippen molar-refractivity contribution < 1.29 is 4.79 Å². The SMILES string of the molecule is CCCN(C(=O)c1ccccc1SCC)c1cccc(C)c1. The lowest BCUT2D eigenvalue weighted by atomic mass is 10.1. The van der Waals surface area contributed by atoms with Gasteiger partial charge in [0.05, 0.1) is 5.56 Å². The standard InChI is InChI=1S/C19H23NOS/c1-4-13-20(16-10-8-9-15(3)14-16)19(21)17-11-6-7-12-18(17)22-5-2/h6-12,14H,4-5,13H2,1-3H3. The normalized spacial score (nSPS) is 10.5. The number of hydrogen-bond acceptors (Lipinski definition) is 2. The Hall–Kier alpha value is -1.74. The van der Waals surface area contributed by atoms with Crippen molar-refractivity contribution in [2.45, 2.75) is 32.1 Å². The molecule has 0 fully saturated rings. The lowest BCUT2D eigenvalue weighted by Gasteiger charge is -2.24. The molecule has 0 saturated carbocycles. The average molecular weight is 313 g/mol. The summed E-state index contributed by atoms with van der Waals surface area (Å²) in [5, 5.41) is 0. The second kappa shape index (κ2) is 8.04. The first-order valence-corrected chi connectivity index (χ1v) is 8.76. The van der Waals surface area contributed by atoms with Crippen LogP contribution in [-0.2, 0) is 0 Å². The van der Waals surface area contributed by atoms with Gasteiger partial charge in [0.15, 0.2) is 0 Å². The fourth-order valence-electron chi connectivity index (χ4n) is 2.44. The molecule has 2 aromatic rings. The van der Waals surface area contributed by atoms with E-state index in [1.165, 1.54) is 5.56 Å². The van der Waals surface area contributed by atoms with E-state index in [0.717, 1.165) is 34.9 Å². The third-order valence-corrected chi connectivity index (χ3v) is 4.38. The van der Waals surface area contributed by atoms with Crippen molar-refractivity contribution in [3.63, 3.8) is 0 Å². The topological polar surface area (TPSA) is 20.3 Å². The molecule has 0 saturated heterocycles. The van der Waals surface area contributed by atoms with Crippen LogP contribution in [0.2, 0.25) is 0 Å². The second-order valence-electron chi connectivity index (χ2n) is 5.22. The molecular weight excluding hydrogens is 290 g/mol. The molecule has 1 amide bonds. The van der Waals surface area contributed by atoms with E-state index >= 15 is 0 Å². The predicted molar refractivity (Wildman–Crippen MR) is 96.0 cm³/mol. The van der Waals surface area contributed by atoms with Crippen molar-refractivity contribution in [3.8, 4) is 0 Å². The number of hydrogen-bond donors (Lipinski definition) is 0. The molecule has 0 aliphatic carbocycles. The number of thioether (sulfide) groups is 1. The zero-order chi connectivity index (χ0) is 15.9. The van der Waals surface area contributed by atoms with Crippen molar-refractivity contribution >= 4 is 23.4 Å². The van der Waals surface area contributed by atoms with Crippen LogP contribution in [0.15, 0.2) is 53.4 Å². The Labute approximate surface area is 137 Å². The highest BCUT2D eigenvalue weighted by atomic mass is 32.2. The molecule has 2 nitrogen and oxygen atoms in total. The fraction of sp³-hybridized carbons (Fsp3) is 0.316. The maximum atomic E-state index is 13.1. The molecule has 0 atom stereocenters. The molecule has 0 heterocycles. The maximum Gasteiger partial charge on any atom is 0.259 e. The van der Waals surface area contributed by atoms with Gasteiger partial charge in [0, 0.05) is 17.1 Å². The summed E-state index contributed by atoms with van der Waals surface area (Å²) in [5.74, 6) is 1.05. The van der Waals surface area contributed by atoms with Gasteiger partial charge in [-0.05, 0) is 48.9 Å². The number of nitrogens with zero attached hydrogens (tertiary/aromatic N) is 1. The Balaban J connectivity index is 2.38. The molecule has 0 N–H and O–H groups in total. The molecule has 0 aliphatic heterocycles. The Morgan fingerprint density at radius 1 is 1.09 bits per heavy atom. The molecule has 0 aliphatic rings. The van der Waals surface area contributed by atoms with Crippen LogP contribution >= 0.6 is 11.8 Å². The Morgan fingerprint density at radius 3 is 2.55 bits per heavy atom. The predicted octanol–water partition coefficient (Wildman–Crippen LogP) is 5.16. The summed E-state index contributed by atoms with van der Waals surface area (Å²) in [6.45, 7) is 6.99. The number of amides is 1. The van der Waals surface area contributed by atoms with Crippen molar-refractivity contribution in [2.75, 3.05) is 17.2 Å². The van der Waals surface area contributed by atoms with E-state index in [1.807, 2.05) is 41.3 Å². The lowest BCUT2D eigenvalue weighted by molar-refractivity contribution is 0.0984. The second-order valence-corrected chi connectivity index (χ2v) is 6.53. The number of carbonyl (C=O) groups is 1. The van der Waals surface area contributed by atoms with E-state index in [0.29, 0.717) is 0 Å². The van der Waals surface area contributed by atoms with Gasteiger partial charge in [-0.15, -0.1) is 11.8 Å². The van der Waals surface area contributed by atoms with Crippen molar-refractivity contribution in [1.29, 1.82) is 0 Å². The monoisotopic (exact) mass is 313 g/mol. The Morgan fingerprint density at radius 2 is 1.86 bits per heavy atom. The van der Waals surface area contributed by atoms with E-state index in [1.54, 1.807) is 11.8 Å². The lowest BCUT2D eigenvalue weighted by Crippen LogP contribution is -2.32. The third-order valence-electron chi connectivity index (χ3n) is 3.42. The van der Waals surface area contributed by atoms with E-state index in [-0.39, 0.29) is 5.91 Å². The molecule has 2 rings (SSSR count). The molecule has 0 aromatic heterocycles. The first kappa shape index (κ1) is 16.6. The van der Waals surface area contributed by atoms with Crippen LogP contribution in [0.1, 0.15) is 36.2 Å². The third kappa shape index (κ3) is 3.92. The number of rotatable bonds is 6. The molecule has 0 spiro atoms. The number of benzene rings is 2. The summed E-state index contributed by atoms with van der Waals surface area (Å²) < 4.78 is 0. The molecule has 0 bridgehead atoms. The van der Waals surface area contributed by atoms with Crippen LogP contribution < -0.4 is 4.90 Å². The van der Waals surface area contributed by atoms with E-state index in [4.69, 9.17) is 0 Å². The quantitative estimate of drug-likeness (QED) is 0.686. The fourth-order valence-corrected chi connectivity index (χ4v) is 3.23. The number of carbonyl (C=O) groups excluding carboxylic acids is 1. The minimum absolute atomic E-state index is 0.0870. The van der Waals surface area contributed by atoms with Gasteiger partial charge in [-0.1, -0.05) is 38.1 Å². The van der Waals surface area contributed by atoms with Crippen LogP contribution in [0, 0.1) is 6.92 Å². The van der Waals surface area contributed by atoms with Gasteiger partial charge in [0.25, 0.3) is 5.91 Å². The molecule has 22 heavy (non-hydrogen) atoms. The van der Waals surface area contributed by atoms with Crippen molar-refractivity contribution in [3.05, 3.63) is 59.7 Å². The van der Waals surface area contributed by atoms with E-state index < -0.39 is 0 Å². The summed E-state index contributed by atoms with van der Waals surface area (Å²) in [4.78, 5) is 16.0. The van der Waals surface area contributed by atoms with E-state index in [2.05, 4.69) is 32.9 Å². The highest BCUT2D eigenvalue weighted by Gasteiger charge is 2.19. The highest BCUT2D eigenvalue weighted by Crippen LogP contribution is 2.26. The van der Waals surface area contributed by atoms with Crippen LogP contribution in [0.3, 0.4) is 0 Å². The summed E-state index contributed by atoms with van der Waals surface area (Å²) in [5.41, 5.74) is 2.94. The van der Waals surface area contributed by atoms with Crippen LogP contribution in [0.4, 0.5) is 5.69 Å². The van der Waals surface area contributed by atoms with E-state index in [9.17, 15) is 4.79 Å². The summed E-state index contributed by atoms with van der Waals surface area (Å²) in [6.07, 6.45) is 0.933. The first-order valence-electron chi connectivity index (χ1n) is 7.77. The van der Waals surface area contributed by atoms with Crippen LogP contribution in [0.5, 0.6) is 0 Å². The average Bonchev–Trinajstić information content (AvgIpc) is 2.53. The molecule has 2 aromatic carbocycles. The van der Waals surface area contributed by atoms with Gasteiger partial charge in [0.2, 0.25) is 0 Å². The summed E-state index contributed by atoms with van der Waals surface area (Å²) in [7, 11) is 0. The highest BCUT2D eigenvalue weighted by molar-refractivity contribution is 7.99. The summed E-state index contributed by atoms with van der Waals surface area (Å²) >= 11 is 1.72. The smallest absolute Gasteiger partial charge is 0.259 e. The molecule has 3 heteroatoms. The molecular formula is C19H23NOS. The van der Waals surface area contributed by atoms with Gasteiger partial charge in [-0.2, -0.15) is 0 Å². The molecule has 0 unspecified atom stereocenters. The number of anilines is 1. The van der Waals surface area contributed by atoms with Crippen molar-refractivity contribution in [1.82, 2.24) is 0 Å². The zero-order valence-corrected chi connectivity index (χ0v) is 14.3. The largest absolute Gasteiger partial charge is 0.308 e.